The van der Waals surface area contributed by atoms with Gasteiger partial charge in [-0.1, -0.05) is 0 Å². The average Bonchev–Trinajstić information content (AvgIpc) is 2.10. The van der Waals surface area contributed by atoms with Crippen molar-refractivity contribution in [1.29, 1.82) is 0 Å². The molecule has 0 aromatic heterocycles. The largest absolute Gasteiger partial charge is 0.480 e. The van der Waals surface area contributed by atoms with Crippen LogP contribution in [0.25, 0.3) is 0 Å². The molecule has 7 heteroatoms. The van der Waals surface area contributed by atoms with E-state index in [0.717, 1.165) is 0 Å². The molecule has 0 amide bonds. The van der Waals surface area contributed by atoms with Crippen LogP contribution < -0.4 is 0 Å². The van der Waals surface area contributed by atoms with E-state index in [-0.39, 0.29) is 30.1 Å². The molecule has 0 spiro atoms. The number of hydrogen-bond donors (Lipinski definition) is 2. The topological polar surface area (TPSA) is 87.1 Å². The molecule has 0 heterocycles. The van der Waals surface area contributed by atoms with E-state index in [1.807, 2.05) is 46.4 Å². The summed E-state index contributed by atoms with van der Waals surface area (Å²) in [4.78, 5) is 23.7. The first-order valence-electron chi connectivity index (χ1n) is 6.19. The van der Waals surface area contributed by atoms with Crippen LogP contribution in [0.1, 0.15) is 41.5 Å². The molecule has 1 unspecified atom stereocenters. The molecule has 0 aromatic carbocycles. The van der Waals surface area contributed by atoms with Gasteiger partial charge in [0.25, 0.3) is 0 Å². The monoisotopic (exact) mass is 311 g/mol. The normalized spacial score (nSPS) is 13.8. The van der Waals surface area contributed by atoms with Crippen molar-refractivity contribution >= 4 is 24.3 Å². The highest BCUT2D eigenvalue weighted by molar-refractivity contribution is 5.85. The summed E-state index contributed by atoms with van der Waals surface area (Å²) in [6.07, 6.45) is 0. The number of hydrogen-bond acceptors (Lipinski definition) is 4. The molecule has 0 radical (unpaired) electrons. The molecule has 0 saturated carbocycles. The summed E-state index contributed by atoms with van der Waals surface area (Å²) in [7, 11) is 0. The predicted molar refractivity (Wildman–Crippen MR) is 78.5 cm³/mol. The van der Waals surface area contributed by atoms with Crippen molar-refractivity contribution in [2.45, 2.75) is 58.7 Å². The zero-order valence-electron chi connectivity index (χ0n) is 13.0. The second kappa shape index (κ2) is 7.81. The van der Waals surface area contributed by atoms with E-state index in [4.69, 9.17) is 9.84 Å². The molecule has 6 nitrogen and oxygen atoms in total. The molecule has 0 rings (SSSR count). The highest BCUT2D eigenvalue weighted by atomic mass is 35.5. The lowest BCUT2D eigenvalue weighted by atomic mass is 9.93. The third kappa shape index (κ3) is 7.07. The van der Waals surface area contributed by atoms with Gasteiger partial charge in [0.05, 0.1) is 6.61 Å². The minimum atomic E-state index is -1.11. The maximum atomic E-state index is 11.4. The molecule has 2 N–H and O–H groups in total. The van der Waals surface area contributed by atoms with Crippen LogP contribution in [0.5, 0.6) is 0 Å². The van der Waals surface area contributed by atoms with Gasteiger partial charge in [0.1, 0.15) is 12.6 Å². The fraction of sp³-hybridized carbons (Fsp3) is 0.846. The summed E-state index contributed by atoms with van der Waals surface area (Å²) >= 11 is 0. The maximum absolute atomic E-state index is 11.4. The second-order valence-electron chi connectivity index (χ2n) is 6.47. The fourth-order valence-electron chi connectivity index (χ4n) is 2.46. The van der Waals surface area contributed by atoms with E-state index in [0.29, 0.717) is 0 Å². The standard InChI is InChI=1S/C13H25NO5.ClH/c1-12(2,3)14(13(4,5)6)9(11(17)18)7-19-8-10(15)16;/h9H,7-8H2,1-6H3,(H,15,16)(H,17,18);1H. The summed E-state index contributed by atoms with van der Waals surface area (Å²) in [5.74, 6) is -2.13. The van der Waals surface area contributed by atoms with Gasteiger partial charge in [0.15, 0.2) is 0 Å². The zero-order valence-corrected chi connectivity index (χ0v) is 13.8. The van der Waals surface area contributed by atoms with Gasteiger partial charge in [0, 0.05) is 11.1 Å². The summed E-state index contributed by atoms with van der Waals surface area (Å²) in [5, 5.41) is 17.9. The van der Waals surface area contributed by atoms with Crippen LogP contribution in [-0.4, -0.2) is 57.4 Å². The summed E-state index contributed by atoms with van der Waals surface area (Å²) in [5.41, 5.74) is -0.762. The molecule has 120 valence electrons. The highest BCUT2D eigenvalue weighted by Crippen LogP contribution is 2.28. The van der Waals surface area contributed by atoms with Crippen molar-refractivity contribution in [2.75, 3.05) is 13.2 Å². The van der Waals surface area contributed by atoms with Crippen LogP contribution in [0.3, 0.4) is 0 Å². The summed E-state index contributed by atoms with van der Waals surface area (Å²) in [6, 6.07) is -0.889. The first-order chi connectivity index (χ1) is 8.37. The Labute approximate surface area is 126 Å². The van der Waals surface area contributed by atoms with Crippen LogP contribution >= 0.6 is 12.4 Å². The number of nitrogens with zero attached hydrogens (tertiary/aromatic N) is 1. The van der Waals surface area contributed by atoms with Gasteiger partial charge in [-0.2, -0.15) is 0 Å². The first kappa shape index (κ1) is 21.4. The molecular formula is C13H26ClNO5. The lowest BCUT2D eigenvalue weighted by Crippen LogP contribution is -2.61. The first-order valence-corrected chi connectivity index (χ1v) is 6.19. The lowest BCUT2D eigenvalue weighted by Gasteiger charge is -2.48. The van der Waals surface area contributed by atoms with Crippen molar-refractivity contribution < 1.29 is 24.5 Å². The van der Waals surface area contributed by atoms with Crippen molar-refractivity contribution in [3.63, 3.8) is 0 Å². The predicted octanol–water partition coefficient (Wildman–Crippen LogP) is 1.86. The third-order valence-electron chi connectivity index (χ3n) is 2.54. The van der Waals surface area contributed by atoms with E-state index in [1.165, 1.54) is 0 Å². The summed E-state index contributed by atoms with van der Waals surface area (Å²) < 4.78 is 4.97. The van der Waals surface area contributed by atoms with Gasteiger partial charge in [0.2, 0.25) is 0 Å². The number of rotatable bonds is 6. The fourth-order valence-corrected chi connectivity index (χ4v) is 2.46. The van der Waals surface area contributed by atoms with Gasteiger partial charge in [-0.05, 0) is 41.5 Å². The smallest absolute Gasteiger partial charge is 0.329 e. The average molecular weight is 312 g/mol. The number of carbonyl (C=O) groups is 2. The Morgan fingerprint density at radius 2 is 1.45 bits per heavy atom. The van der Waals surface area contributed by atoms with Crippen molar-refractivity contribution in [2.24, 2.45) is 0 Å². The minimum absolute atomic E-state index is 0. The van der Waals surface area contributed by atoms with E-state index in [1.54, 1.807) is 0 Å². The molecule has 0 aliphatic carbocycles. The Bertz CT molecular complexity index is 319. The Morgan fingerprint density at radius 3 is 1.70 bits per heavy atom. The van der Waals surface area contributed by atoms with Crippen LogP contribution in [-0.2, 0) is 14.3 Å². The van der Waals surface area contributed by atoms with E-state index in [9.17, 15) is 14.7 Å². The Balaban J connectivity index is 0. The quantitative estimate of drug-likeness (QED) is 0.778. The van der Waals surface area contributed by atoms with E-state index >= 15 is 0 Å². The number of carboxylic acid groups (broad SMARTS) is 2. The Kier molecular flexibility index (Phi) is 8.37. The molecule has 0 fully saturated rings. The van der Waals surface area contributed by atoms with Crippen LogP contribution in [0.4, 0.5) is 0 Å². The third-order valence-corrected chi connectivity index (χ3v) is 2.54. The van der Waals surface area contributed by atoms with Crippen LogP contribution in [0, 0.1) is 0 Å². The van der Waals surface area contributed by atoms with Crippen LogP contribution in [0.2, 0.25) is 0 Å². The van der Waals surface area contributed by atoms with Gasteiger partial charge in [-0.25, -0.2) is 4.79 Å². The Morgan fingerprint density at radius 1 is 1.05 bits per heavy atom. The van der Waals surface area contributed by atoms with Gasteiger partial charge in [-0.15, -0.1) is 12.4 Å². The second-order valence-corrected chi connectivity index (χ2v) is 6.47. The van der Waals surface area contributed by atoms with Gasteiger partial charge >= 0.3 is 11.9 Å². The number of carboxylic acids is 2. The highest BCUT2D eigenvalue weighted by Gasteiger charge is 2.40. The number of ether oxygens (including phenoxy) is 1. The molecule has 0 aliphatic heterocycles. The van der Waals surface area contributed by atoms with Crippen molar-refractivity contribution in [3.8, 4) is 0 Å². The van der Waals surface area contributed by atoms with Crippen molar-refractivity contribution in [1.82, 2.24) is 4.90 Å². The minimum Gasteiger partial charge on any atom is -0.480 e. The summed E-state index contributed by atoms with van der Waals surface area (Å²) in [6.45, 7) is 10.9. The van der Waals surface area contributed by atoms with E-state index in [2.05, 4.69) is 0 Å². The lowest BCUT2D eigenvalue weighted by molar-refractivity contribution is -0.157. The molecule has 0 aromatic rings. The van der Waals surface area contributed by atoms with Gasteiger partial charge < -0.3 is 14.9 Å². The molecule has 20 heavy (non-hydrogen) atoms. The number of halogens is 1. The molecule has 0 aliphatic rings. The molecular weight excluding hydrogens is 286 g/mol. The van der Waals surface area contributed by atoms with Gasteiger partial charge in [-0.3, -0.25) is 9.69 Å². The maximum Gasteiger partial charge on any atom is 0.329 e. The molecule has 0 bridgehead atoms. The number of aliphatic carboxylic acids is 2. The molecule has 1 atom stereocenters. The SMILES string of the molecule is CC(C)(C)N(C(COCC(=O)O)C(=O)O)C(C)(C)C.Cl. The Hall–Kier alpha value is -0.850. The van der Waals surface area contributed by atoms with Crippen molar-refractivity contribution in [3.05, 3.63) is 0 Å². The van der Waals surface area contributed by atoms with E-state index < -0.39 is 24.6 Å². The zero-order chi connectivity index (χ0) is 15.4. The molecule has 0 saturated heterocycles. The van der Waals surface area contributed by atoms with Crippen LogP contribution in [0.15, 0.2) is 0 Å².